The molecule has 2 amide bonds. The monoisotopic (exact) mass is 301 g/mol. The SMILES string of the molecule is O=C(CCC1CCNC1)Nc1ccc(C(=O)NC2CC2)cc1. The molecule has 0 radical (unpaired) electrons. The zero-order valence-electron chi connectivity index (χ0n) is 12.7. The highest BCUT2D eigenvalue weighted by atomic mass is 16.2. The van der Waals surface area contributed by atoms with Crippen LogP contribution >= 0.6 is 0 Å². The Hall–Kier alpha value is -1.88. The summed E-state index contributed by atoms with van der Waals surface area (Å²) in [4.78, 5) is 23.8. The van der Waals surface area contributed by atoms with E-state index in [4.69, 9.17) is 0 Å². The lowest BCUT2D eigenvalue weighted by atomic mass is 10.0. The molecular weight excluding hydrogens is 278 g/mol. The van der Waals surface area contributed by atoms with Gasteiger partial charge in [-0.25, -0.2) is 0 Å². The molecule has 3 rings (SSSR count). The molecule has 118 valence electrons. The molecule has 1 saturated heterocycles. The molecule has 1 heterocycles. The number of carbonyl (C=O) groups is 2. The van der Waals surface area contributed by atoms with Gasteiger partial charge in [0.25, 0.3) is 5.91 Å². The van der Waals surface area contributed by atoms with Crippen molar-refractivity contribution < 1.29 is 9.59 Å². The van der Waals surface area contributed by atoms with Gasteiger partial charge in [-0.1, -0.05) is 0 Å². The van der Waals surface area contributed by atoms with Crippen molar-refractivity contribution in [2.75, 3.05) is 18.4 Å². The Morgan fingerprint density at radius 2 is 1.91 bits per heavy atom. The van der Waals surface area contributed by atoms with Crippen molar-refractivity contribution in [3.63, 3.8) is 0 Å². The fourth-order valence-electron chi connectivity index (χ4n) is 2.72. The van der Waals surface area contributed by atoms with Gasteiger partial charge in [0.2, 0.25) is 5.91 Å². The van der Waals surface area contributed by atoms with Gasteiger partial charge < -0.3 is 16.0 Å². The molecule has 1 unspecified atom stereocenters. The Morgan fingerprint density at radius 1 is 1.14 bits per heavy atom. The van der Waals surface area contributed by atoms with Crippen LogP contribution < -0.4 is 16.0 Å². The molecule has 1 saturated carbocycles. The molecule has 0 aromatic heterocycles. The lowest BCUT2D eigenvalue weighted by Gasteiger charge is -2.09. The molecule has 22 heavy (non-hydrogen) atoms. The Labute approximate surface area is 130 Å². The van der Waals surface area contributed by atoms with Crippen LogP contribution in [-0.4, -0.2) is 30.9 Å². The Morgan fingerprint density at radius 3 is 2.55 bits per heavy atom. The predicted octanol–water partition coefficient (Wildman–Crippen LogP) is 1.91. The van der Waals surface area contributed by atoms with Gasteiger partial charge in [-0.15, -0.1) is 0 Å². The van der Waals surface area contributed by atoms with Crippen LogP contribution in [0.4, 0.5) is 5.69 Å². The molecule has 0 spiro atoms. The van der Waals surface area contributed by atoms with E-state index in [-0.39, 0.29) is 11.8 Å². The number of benzene rings is 1. The first-order valence-corrected chi connectivity index (χ1v) is 8.12. The van der Waals surface area contributed by atoms with E-state index in [0.29, 0.717) is 23.9 Å². The zero-order chi connectivity index (χ0) is 15.4. The van der Waals surface area contributed by atoms with Crippen LogP contribution in [0.5, 0.6) is 0 Å². The van der Waals surface area contributed by atoms with E-state index in [1.165, 1.54) is 0 Å². The minimum absolute atomic E-state index is 0.0332. The van der Waals surface area contributed by atoms with Crippen molar-refractivity contribution in [3.05, 3.63) is 29.8 Å². The Kier molecular flexibility index (Phi) is 4.73. The minimum atomic E-state index is -0.0332. The molecule has 3 N–H and O–H groups in total. The smallest absolute Gasteiger partial charge is 0.251 e. The second-order valence-corrected chi connectivity index (χ2v) is 6.27. The summed E-state index contributed by atoms with van der Waals surface area (Å²) in [6.45, 7) is 2.09. The van der Waals surface area contributed by atoms with Gasteiger partial charge in [0.15, 0.2) is 0 Å². The van der Waals surface area contributed by atoms with Gasteiger partial charge in [0.1, 0.15) is 0 Å². The molecule has 1 aromatic rings. The molecule has 1 aliphatic carbocycles. The number of carbonyl (C=O) groups excluding carboxylic acids is 2. The highest BCUT2D eigenvalue weighted by Crippen LogP contribution is 2.20. The van der Waals surface area contributed by atoms with E-state index in [1.807, 2.05) is 0 Å². The predicted molar refractivity (Wildman–Crippen MR) is 85.8 cm³/mol. The summed E-state index contributed by atoms with van der Waals surface area (Å²) in [5.74, 6) is 0.635. The van der Waals surface area contributed by atoms with E-state index >= 15 is 0 Å². The molecule has 0 bridgehead atoms. The normalized spacial score (nSPS) is 20.6. The first-order chi connectivity index (χ1) is 10.7. The van der Waals surface area contributed by atoms with Crippen LogP contribution in [0.15, 0.2) is 24.3 Å². The van der Waals surface area contributed by atoms with Gasteiger partial charge >= 0.3 is 0 Å². The Balaban J connectivity index is 1.45. The van der Waals surface area contributed by atoms with Crippen molar-refractivity contribution in [3.8, 4) is 0 Å². The van der Waals surface area contributed by atoms with Crippen molar-refractivity contribution in [1.29, 1.82) is 0 Å². The maximum absolute atomic E-state index is 11.9. The van der Waals surface area contributed by atoms with Crippen LogP contribution in [0.3, 0.4) is 0 Å². The fraction of sp³-hybridized carbons (Fsp3) is 0.529. The van der Waals surface area contributed by atoms with Gasteiger partial charge in [0.05, 0.1) is 0 Å². The summed E-state index contributed by atoms with van der Waals surface area (Å²) in [5, 5.41) is 9.15. The zero-order valence-corrected chi connectivity index (χ0v) is 12.7. The summed E-state index contributed by atoms with van der Waals surface area (Å²) >= 11 is 0. The highest BCUT2D eigenvalue weighted by molar-refractivity contribution is 5.96. The first-order valence-electron chi connectivity index (χ1n) is 8.12. The molecule has 5 heteroatoms. The summed E-state index contributed by atoms with van der Waals surface area (Å²) in [7, 11) is 0. The maximum Gasteiger partial charge on any atom is 0.251 e. The average molecular weight is 301 g/mol. The topological polar surface area (TPSA) is 70.2 Å². The standard InChI is InChI=1S/C17H23N3O2/c21-16(8-1-12-9-10-18-11-12)19-14-4-2-13(3-5-14)17(22)20-15-6-7-15/h2-5,12,15,18H,1,6-11H2,(H,19,21)(H,20,22). The van der Waals surface area contributed by atoms with Crippen LogP contribution in [0.2, 0.25) is 0 Å². The number of hydrogen-bond donors (Lipinski definition) is 3. The van der Waals surface area contributed by atoms with Crippen molar-refractivity contribution in [2.24, 2.45) is 5.92 Å². The maximum atomic E-state index is 11.9. The van der Waals surface area contributed by atoms with Crippen LogP contribution in [0, 0.1) is 5.92 Å². The molecule has 2 aliphatic rings. The van der Waals surface area contributed by atoms with E-state index in [1.54, 1.807) is 24.3 Å². The van der Waals surface area contributed by atoms with Gasteiger partial charge in [-0.3, -0.25) is 9.59 Å². The molecular formula is C17H23N3O2. The minimum Gasteiger partial charge on any atom is -0.349 e. The number of anilines is 1. The largest absolute Gasteiger partial charge is 0.349 e. The van der Waals surface area contributed by atoms with Gasteiger partial charge in [-0.2, -0.15) is 0 Å². The number of amides is 2. The van der Waals surface area contributed by atoms with Crippen molar-refractivity contribution in [1.82, 2.24) is 10.6 Å². The second-order valence-electron chi connectivity index (χ2n) is 6.27. The van der Waals surface area contributed by atoms with E-state index in [9.17, 15) is 9.59 Å². The number of rotatable bonds is 6. The van der Waals surface area contributed by atoms with Crippen molar-refractivity contribution >= 4 is 17.5 Å². The van der Waals surface area contributed by atoms with Crippen LogP contribution in [0.25, 0.3) is 0 Å². The van der Waals surface area contributed by atoms with E-state index in [2.05, 4.69) is 16.0 Å². The third kappa shape index (κ3) is 4.31. The summed E-state index contributed by atoms with van der Waals surface area (Å²) in [5.41, 5.74) is 1.39. The van der Waals surface area contributed by atoms with Crippen molar-refractivity contribution in [2.45, 2.75) is 38.1 Å². The summed E-state index contributed by atoms with van der Waals surface area (Å²) in [6, 6.07) is 7.45. The molecule has 5 nitrogen and oxygen atoms in total. The fourth-order valence-corrected chi connectivity index (χ4v) is 2.72. The molecule has 2 fully saturated rings. The van der Waals surface area contributed by atoms with Gasteiger partial charge in [0, 0.05) is 23.7 Å². The summed E-state index contributed by atoms with van der Waals surface area (Å²) < 4.78 is 0. The molecule has 1 aliphatic heterocycles. The lowest BCUT2D eigenvalue weighted by molar-refractivity contribution is -0.116. The van der Waals surface area contributed by atoms with Gasteiger partial charge in [-0.05, 0) is 69.0 Å². The van der Waals surface area contributed by atoms with Crippen LogP contribution in [-0.2, 0) is 4.79 Å². The quantitative estimate of drug-likeness (QED) is 0.751. The highest BCUT2D eigenvalue weighted by Gasteiger charge is 2.23. The molecule has 1 aromatic carbocycles. The van der Waals surface area contributed by atoms with E-state index in [0.717, 1.165) is 44.5 Å². The van der Waals surface area contributed by atoms with E-state index < -0.39 is 0 Å². The summed E-state index contributed by atoms with van der Waals surface area (Å²) in [6.07, 6.45) is 4.81. The number of nitrogens with one attached hydrogen (secondary N) is 3. The number of hydrogen-bond acceptors (Lipinski definition) is 3. The third-order valence-corrected chi connectivity index (χ3v) is 4.29. The molecule has 1 atom stereocenters. The second kappa shape index (κ2) is 6.92. The van der Waals surface area contributed by atoms with Crippen LogP contribution in [0.1, 0.15) is 42.5 Å². The Bertz CT molecular complexity index is 531. The lowest BCUT2D eigenvalue weighted by Crippen LogP contribution is -2.25. The first kappa shape index (κ1) is 15.0. The third-order valence-electron chi connectivity index (χ3n) is 4.29. The average Bonchev–Trinajstić information content (AvgIpc) is 3.17.